The smallest absolute Gasteiger partial charge is 0.349 e. The zero-order valence-electron chi connectivity index (χ0n) is 15.3. The zero-order chi connectivity index (χ0) is 21.2. The van der Waals surface area contributed by atoms with Gasteiger partial charge in [-0.15, -0.1) is 0 Å². The van der Waals surface area contributed by atoms with Crippen molar-refractivity contribution in [3.05, 3.63) is 77.5 Å². The summed E-state index contributed by atoms with van der Waals surface area (Å²) in [6.45, 7) is 1.28. The van der Waals surface area contributed by atoms with Crippen LogP contribution in [0.3, 0.4) is 0 Å². The summed E-state index contributed by atoms with van der Waals surface area (Å²) in [6, 6.07) is 10.4. The molecule has 1 N–H and O–H groups in total. The molecule has 0 saturated carbocycles. The van der Waals surface area contributed by atoms with Crippen LogP contribution in [0.4, 0.5) is 22.0 Å². The second kappa shape index (κ2) is 8.14. The van der Waals surface area contributed by atoms with Crippen LogP contribution in [-0.2, 0) is 6.42 Å². The van der Waals surface area contributed by atoms with Gasteiger partial charge in [0.1, 0.15) is 5.52 Å². The van der Waals surface area contributed by atoms with Gasteiger partial charge in [-0.3, -0.25) is 9.78 Å². The maximum absolute atomic E-state index is 13.7. The Balaban J connectivity index is 1.80. The molecule has 3 rings (SSSR count). The Hall–Kier alpha value is -3.03. The summed E-state index contributed by atoms with van der Waals surface area (Å²) in [7, 11) is 0. The van der Waals surface area contributed by atoms with Crippen molar-refractivity contribution >= 4 is 16.8 Å². The lowest BCUT2D eigenvalue weighted by Crippen LogP contribution is -2.45. The minimum atomic E-state index is -4.52. The molecule has 2 atom stereocenters. The quantitative estimate of drug-likeness (QED) is 0.600. The molecule has 1 heterocycles. The standard InChI is InChI=1S/C21H17F5N2O/c1-12(16(21(24,25)26)9-13-5-3-2-4-6-13)28-20(29)15-10-14-7-8-17(22)18(23)19(14)27-11-15/h2-8,10-12,16H,9H2,1H3,(H,28,29)/t12-,16?/m0/s1. The van der Waals surface area contributed by atoms with Crippen molar-refractivity contribution in [2.24, 2.45) is 5.92 Å². The number of halogens is 5. The highest BCUT2D eigenvalue weighted by molar-refractivity contribution is 5.97. The number of hydrogen-bond donors (Lipinski definition) is 1. The number of carbonyl (C=O) groups excluding carboxylic acids is 1. The first-order chi connectivity index (χ1) is 13.7. The summed E-state index contributed by atoms with van der Waals surface area (Å²) in [4.78, 5) is 16.2. The second-order valence-corrected chi connectivity index (χ2v) is 6.76. The third kappa shape index (κ3) is 4.70. The molecule has 29 heavy (non-hydrogen) atoms. The number of fused-ring (bicyclic) bond motifs is 1. The first kappa shape index (κ1) is 20.7. The molecule has 1 unspecified atom stereocenters. The van der Waals surface area contributed by atoms with Crippen LogP contribution in [0, 0.1) is 17.6 Å². The summed E-state index contributed by atoms with van der Waals surface area (Å²) < 4.78 is 67.7. The lowest BCUT2D eigenvalue weighted by Gasteiger charge is -2.27. The average molecular weight is 408 g/mol. The zero-order valence-corrected chi connectivity index (χ0v) is 15.3. The molecule has 0 aliphatic rings. The topological polar surface area (TPSA) is 42.0 Å². The monoisotopic (exact) mass is 408 g/mol. The molecular weight excluding hydrogens is 391 g/mol. The molecule has 1 aromatic heterocycles. The van der Waals surface area contributed by atoms with E-state index in [-0.39, 0.29) is 22.9 Å². The van der Waals surface area contributed by atoms with E-state index in [0.29, 0.717) is 5.56 Å². The van der Waals surface area contributed by atoms with Crippen molar-refractivity contribution in [2.45, 2.75) is 25.6 Å². The molecular formula is C21H17F5N2O. The van der Waals surface area contributed by atoms with Crippen molar-refractivity contribution in [3.63, 3.8) is 0 Å². The molecule has 152 valence electrons. The van der Waals surface area contributed by atoms with Gasteiger partial charge in [-0.25, -0.2) is 8.78 Å². The van der Waals surface area contributed by atoms with Crippen LogP contribution < -0.4 is 5.32 Å². The Bertz CT molecular complexity index is 1020. The molecule has 0 aliphatic carbocycles. The van der Waals surface area contributed by atoms with Gasteiger partial charge < -0.3 is 5.32 Å². The molecule has 0 aliphatic heterocycles. The van der Waals surface area contributed by atoms with Crippen LogP contribution in [0.5, 0.6) is 0 Å². The fourth-order valence-corrected chi connectivity index (χ4v) is 3.10. The molecule has 0 spiro atoms. The molecule has 3 nitrogen and oxygen atoms in total. The second-order valence-electron chi connectivity index (χ2n) is 6.76. The lowest BCUT2D eigenvalue weighted by molar-refractivity contribution is -0.180. The third-order valence-electron chi connectivity index (χ3n) is 4.69. The molecule has 0 radical (unpaired) electrons. The van der Waals surface area contributed by atoms with Gasteiger partial charge in [0.15, 0.2) is 11.6 Å². The molecule has 0 saturated heterocycles. The molecule has 0 bridgehead atoms. The number of nitrogens with zero attached hydrogens (tertiary/aromatic N) is 1. The van der Waals surface area contributed by atoms with Gasteiger partial charge in [-0.2, -0.15) is 13.2 Å². The molecule has 8 heteroatoms. The van der Waals surface area contributed by atoms with Crippen molar-refractivity contribution in [2.75, 3.05) is 0 Å². The molecule has 1 amide bonds. The molecule has 2 aromatic carbocycles. The van der Waals surface area contributed by atoms with Crippen LogP contribution in [0.15, 0.2) is 54.7 Å². The third-order valence-corrected chi connectivity index (χ3v) is 4.69. The van der Waals surface area contributed by atoms with Gasteiger partial charge in [0.05, 0.1) is 11.5 Å². The number of nitrogens with one attached hydrogen (secondary N) is 1. The maximum atomic E-state index is 13.7. The van der Waals surface area contributed by atoms with Crippen molar-refractivity contribution in [1.29, 1.82) is 0 Å². The highest BCUT2D eigenvalue weighted by Gasteiger charge is 2.43. The predicted molar refractivity (Wildman–Crippen MR) is 98.3 cm³/mol. The van der Waals surface area contributed by atoms with Crippen LogP contribution in [0.25, 0.3) is 10.9 Å². The fraction of sp³-hybridized carbons (Fsp3) is 0.238. The van der Waals surface area contributed by atoms with Gasteiger partial charge in [0.25, 0.3) is 5.91 Å². The molecule has 3 aromatic rings. The number of aromatic nitrogens is 1. The van der Waals surface area contributed by atoms with E-state index in [4.69, 9.17) is 0 Å². The Labute approximate surface area is 163 Å². The number of hydrogen-bond acceptors (Lipinski definition) is 2. The number of benzene rings is 2. The predicted octanol–water partition coefficient (Wildman–Crippen LogP) is 5.05. The summed E-state index contributed by atoms with van der Waals surface area (Å²) >= 11 is 0. The number of rotatable bonds is 5. The van der Waals surface area contributed by atoms with E-state index >= 15 is 0 Å². The van der Waals surface area contributed by atoms with E-state index in [9.17, 15) is 26.7 Å². The van der Waals surface area contributed by atoms with Crippen LogP contribution >= 0.6 is 0 Å². The van der Waals surface area contributed by atoms with Gasteiger partial charge in [0, 0.05) is 17.6 Å². The number of amides is 1. The Morgan fingerprint density at radius 1 is 1.10 bits per heavy atom. The van der Waals surface area contributed by atoms with E-state index in [0.717, 1.165) is 12.3 Å². The van der Waals surface area contributed by atoms with Gasteiger partial charge in [-0.1, -0.05) is 30.3 Å². The van der Waals surface area contributed by atoms with E-state index in [2.05, 4.69) is 10.3 Å². The first-order valence-electron chi connectivity index (χ1n) is 8.82. The largest absolute Gasteiger partial charge is 0.394 e. The van der Waals surface area contributed by atoms with E-state index in [1.54, 1.807) is 30.3 Å². The van der Waals surface area contributed by atoms with Gasteiger partial charge in [0.2, 0.25) is 0 Å². The number of alkyl halides is 3. The first-order valence-corrected chi connectivity index (χ1v) is 8.82. The van der Waals surface area contributed by atoms with Crippen molar-refractivity contribution in [3.8, 4) is 0 Å². The van der Waals surface area contributed by atoms with E-state index in [1.165, 1.54) is 19.1 Å². The maximum Gasteiger partial charge on any atom is 0.394 e. The van der Waals surface area contributed by atoms with Crippen LogP contribution in [-0.4, -0.2) is 23.1 Å². The van der Waals surface area contributed by atoms with Crippen LogP contribution in [0.2, 0.25) is 0 Å². The molecule has 0 fully saturated rings. The number of pyridine rings is 1. The summed E-state index contributed by atoms with van der Waals surface area (Å²) in [5.41, 5.74) is 0.198. The van der Waals surface area contributed by atoms with E-state index in [1.807, 2.05) is 0 Å². The van der Waals surface area contributed by atoms with Gasteiger partial charge >= 0.3 is 6.18 Å². The normalized spacial score (nSPS) is 13.9. The SMILES string of the molecule is C[C@H](NC(=O)c1cnc2c(F)c(F)ccc2c1)C(Cc1ccccc1)C(F)(F)F. The van der Waals surface area contributed by atoms with Gasteiger partial charge in [-0.05, 0) is 37.1 Å². The minimum Gasteiger partial charge on any atom is -0.349 e. The Kier molecular flexibility index (Phi) is 5.81. The Morgan fingerprint density at radius 2 is 1.79 bits per heavy atom. The number of carbonyl (C=O) groups is 1. The van der Waals surface area contributed by atoms with Crippen LogP contribution in [0.1, 0.15) is 22.8 Å². The minimum absolute atomic E-state index is 0.0454. The average Bonchev–Trinajstić information content (AvgIpc) is 2.68. The summed E-state index contributed by atoms with van der Waals surface area (Å²) in [5.74, 6) is -4.81. The lowest BCUT2D eigenvalue weighted by atomic mass is 9.92. The summed E-state index contributed by atoms with van der Waals surface area (Å²) in [5, 5.41) is 2.51. The van der Waals surface area contributed by atoms with Crippen molar-refractivity contribution < 1.29 is 26.7 Å². The Morgan fingerprint density at radius 3 is 2.45 bits per heavy atom. The summed E-state index contributed by atoms with van der Waals surface area (Å²) in [6.07, 6.45) is -3.80. The highest BCUT2D eigenvalue weighted by atomic mass is 19.4. The van der Waals surface area contributed by atoms with E-state index < -0.39 is 35.7 Å². The highest BCUT2D eigenvalue weighted by Crippen LogP contribution is 2.32. The fourth-order valence-electron chi connectivity index (χ4n) is 3.10. The van der Waals surface area contributed by atoms with Crippen molar-refractivity contribution in [1.82, 2.24) is 10.3 Å².